The van der Waals surface area contributed by atoms with Crippen molar-refractivity contribution in [2.24, 2.45) is 0 Å². The van der Waals surface area contributed by atoms with E-state index in [4.69, 9.17) is 5.73 Å². The molecule has 10 nitrogen and oxygen atoms in total. The Morgan fingerprint density at radius 1 is 1.03 bits per heavy atom. The molecule has 2 heterocycles. The Kier molecular flexibility index (Phi) is 5.16. The van der Waals surface area contributed by atoms with Crippen LogP contribution in [-0.2, 0) is 5.75 Å². The van der Waals surface area contributed by atoms with Gasteiger partial charge in [0.2, 0.25) is 17.1 Å². The van der Waals surface area contributed by atoms with Gasteiger partial charge in [0.1, 0.15) is 17.4 Å². The Morgan fingerprint density at radius 3 is 2.55 bits per heavy atom. The molecule has 0 fully saturated rings. The second kappa shape index (κ2) is 8.06. The Morgan fingerprint density at radius 2 is 1.79 bits per heavy atom. The van der Waals surface area contributed by atoms with E-state index in [-0.39, 0.29) is 23.5 Å². The Hall–Kier alpha value is -3.80. The van der Waals surface area contributed by atoms with Crippen LogP contribution in [0.15, 0.2) is 53.7 Å². The van der Waals surface area contributed by atoms with E-state index in [9.17, 15) is 9.50 Å². The van der Waals surface area contributed by atoms with Gasteiger partial charge in [-0.25, -0.2) is 4.39 Å². The summed E-state index contributed by atoms with van der Waals surface area (Å²) in [6.45, 7) is 0. The second-order valence-corrected chi connectivity index (χ2v) is 6.69. The number of tetrazole rings is 1. The van der Waals surface area contributed by atoms with Gasteiger partial charge in [-0.2, -0.15) is 19.6 Å². The number of thioether (sulfide) groups is 1. The minimum Gasteiger partial charge on any atom is -0.508 e. The van der Waals surface area contributed by atoms with Gasteiger partial charge in [-0.15, -0.1) is 5.10 Å². The van der Waals surface area contributed by atoms with E-state index in [1.807, 2.05) is 0 Å². The lowest BCUT2D eigenvalue weighted by Crippen LogP contribution is -2.07. The molecule has 4 rings (SSSR count). The van der Waals surface area contributed by atoms with Gasteiger partial charge in [0, 0.05) is 5.69 Å². The number of phenolic OH excluding ortho intramolecular Hbond substituents is 1. The predicted molar refractivity (Wildman–Crippen MR) is 104 cm³/mol. The van der Waals surface area contributed by atoms with Gasteiger partial charge in [-0.1, -0.05) is 11.8 Å². The topological polar surface area (TPSA) is 141 Å². The van der Waals surface area contributed by atoms with Crippen LogP contribution in [0, 0.1) is 5.82 Å². The lowest BCUT2D eigenvalue weighted by atomic mass is 10.3. The van der Waals surface area contributed by atoms with E-state index in [0.717, 1.165) is 0 Å². The van der Waals surface area contributed by atoms with Crippen LogP contribution < -0.4 is 11.1 Å². The average molecular weight is 411 g/mol. The molecule has 0 bridgehead atoms. The second-order valence-electron chi connectivity index (χ2n) is 5.74. The van der Waals surface area contributed by atoms with E-state index in [1.54, 1.807) is 36.4 Å². The van der Waals surface area contributed by atoms with Gasteiger partial charge < -0.3 is 16.2 Å². The van der Waals surface area contributed by atoms with Crippen LogP contribution in [-0.4, -0.2) is 40.3 Å². The molecule has 0 spiro atoms. The molecule has 29 heavy (non-hydrogen) atoms. The third-order valence-corrected chi connectivity index (χ3v) is 4.58. The van der Waals surface area contributed by atoms with E-state index in [2.05, 4.69) is 35.8 Å². The van der Waals surface area contributed by atoms with Crippen LogP contribution in [0.1, 0.15) is 5.82 Å². The molecule has 146 valence electrons. The smallest absolute Gasteiger partial charge is 0.232 e. The Bertz CT molecular complexity index is 1120. The highest BCUT2D eigenvalue weighted by Crippen LogP contribution is 2.23. The lowest BCUT2D eigenvalue weighted by molar-refractivity contribution is 0.475. The monoisotopic (exact) mass is 411 g/mol. The minimum absolute atomic E-state index is 0.0540. The highest BCUT2D eigenvalue weighted by molar-refractivity contribution is 7.98. The summed E-state index contributed by atoms with van der Waals surface area (Å²) in [5.74, 6) is 0.874. The number of nitrogen functional groups attached to an aromatic ring is 1. The number of nitrogens with zero attached hydrogens (tertiary/aromatic N) is 7. The molecule has 0 aliphatic rings. The van der Waals surface area contributed by atoms with Crippen molar-refractivity contribution in [1.29, 1.82) is 0 Å². The van der Waals surface area contributed by atoms with Crippen molar-refractivity contribution in [3.05, 3.63) is 60.2 Å². The molecule has 0 amide bonds. The number of aromatic hydroxyl groups is 1. The highest BCUT2D eigenvalue weighted by Gasteiger charge is 2.12. The van der Waals surface area contributed by atoms with Crippen molar-refractivity contribution in [3.63, 3.8) is 0 Å². The molecule has 4 N–H and O–H groups in total. The fourth-order valence-corrected chi connectivity index (χ4v) is 3.12. The van der Waals surface area contributed by atoms with E-state index >= 15 is 0 Å². The summed E-state index contributed by atoms with van der Waals surface area (Å²) in [5, 5.41) is 24.5. The number of nitrogens with two attached hydrogens (primary N) is 1. The molecule has 0 radical (unpaired) electrons. The molecular formula is C17H14FN9OS. The summed E-state index contributed by atoms with van der Waals surface area (Å²) < 4.78 is 14.6. The van der Waals surface area contributed by atoms with Crippen LogP contribution in [0.5, 0.6) is 5.75 Å². The van der Waals surface area contributed by atoms with Crippen molar-refractivity contribution in [2.45, 2.75) is 10.9 Å². The number of rotatable bonds is 6. The molecule has 0 atom stereocenters. The average Bonchev–Trinajstić information content (AvgIpc) is 3.17. The first kappa shape index (κ1) is 18.6. The molecule has 0 aliphatic heterocycles. The van der Waals surface area contributed by atoms with Crippen LogP contribution in [0.2, 0.25) is 0 Å². The largest absolute Gasteiger partial charge is 0.508 e. The van der Waals surface area contributed by atoms with Crippen LogP contribution in [0.25, 0.3) is 5.69 Å². The maximum absolute atomic E-state index is 13.0. The number of hydrogen-bond acceptors (Lipinski definition) is 10. The van der Waals surface area contributed by atoms with Crippen LogP contribution in [0.3, 0.4) is 0 Å². The van der Waals surface area contributed by atoms with E-state index in [0.29, 0.717) is 28.1 Å². The quantitative estimate of drug-likeness (QED) is 0.405. The SMILES string of the molecule is Nc1nc(CSc2nnnn2-c2ccc(O)cc2)nc(Nc2ccc(F)cc2)n1. The van der Waals surface area contributed by atoms with Gasteiger partial charge in [-0.3, -0.25) is 0 Å². The lowest BCUT2D eigenvalue weighted by Gasteiger charge is -2.07. The van der Waals surface area contributed by atoms with Crippen LogP contribution in [0.4, 0.5) is 22.0 Å². The summed E-state index contributed by atoms with van der Waals surface area (Å²) >= 11 is 1.31. The number of aromatic nitrogens is 7. The number of hydrogen-bond donors (Lipinski definition) is 3. The maximum atomic E-state index is 13.0. The summed E-state index contributed by atoms with van der Waals surface area (Å²) in [4.78, 5) is 12.5. The molecule has 2 aromatic heterocycles. The fraction of sp³-hybridized carbons (Fsp3) is 0.0588. The first-order valence-electron chi connectivity index (χ1n) is 8.30. The number of nitrogens with one attached hydrogen (secondary N) is 1. The summed E-state index contributed by atoms with van der Waals surface area (Å²) in [5.41, 5.74) is 7.10. The zero-order chi connectivity index (χ0) is 20.2. The molecule has 0 saturated heterocycles. The maximum Gasteiger partial charge on any atom is 0.232 e. The number of phenols is 1. The van der Waals surface area contributed by atoms with Crippen LogP contribution >= 0.6 is 11.8 Å². The zero-order valence-corrected chi connectivity index (χ0v) is 15.6. The van der Waals surface area contributed by atoms with Gasteiger partial charge >= 0.3 is 0 Å². The first-order chi connectivity index (χ1) is 14.1. The molecule has 0 aliphatic carbocycles. The summed E-state index contributed by atoms with van der Waals surface area (Å²) in [6.07, 6.45) is 0. The normalized spacial score (nSPS) is 10.8. The highest BCUT2D eigenvalue weighted by atomic mass is 32.2. The van der Waals surface area contributed by atoms with Crippen molar-refractivity contribution in [1.82, 2.24) is 35.2 Å². The van der Waals surface area contributed by atoms with E-state index in [1.165, 1.54) is 28.6 Å². The van der Waals surface area contributed by atoms with Crippen molar-refractivity contribution >= 4 is 29.3 Å². The Balaban J connectivity index is 1.49. The molecule has 2 aromatic carbocycles. The van der Waals surface area contributed by atoms with Crippen molar-refractivity contribution in [3.8, 4) is 11.4 Å². The molecule has 0 saturated carbocycles. The molecular weight excluding hydrogens is 397 g/mol. The third-order valence-electron chi connectivity index (χ3n) is 3.66. The predicted octanol–water partition coefficient (Wildman–Crippen LogP) is 2.31. The molecule has 12 heteroatoms. The third kappa shape index (κ3) is 4.55. The zero-order valence-electron chi connectivity index (χ0n) is 14.8. The summed E-state index contributed by atoms with van der Waals surface area (Å²) in [6, 6.07) is 12.3. The van der Waals surface area contributed by atoms with Gasteiger partial charge in [0.05, 0.1) is 11.4 Å². The Labute approximate surface area is 168 Å². The van der Waals surface area contributed by atoms with Gasteiger partial charge in [-0.05, 0) is 59.0 Å². The van der Waals surface area contributed by atoms with Gasteiger partial charge in [0.15, 0.2) is 0 Å². The summed E-state index contributed by atoms with van der Waals surface area (Å²) in [7, 11) is 0. The van der Waals surface area contributed by atoms with Gasteiger partial charge in [0.25, 0.3) is 0 Å². The minimum atomic E-state index is -0.339. The van der Waals surface area contributed by atoms with Crippen molar-refractivity contribution < 1.29 is 9.50 Å². The molecule has 0 unspecified atom stereocenters. The van der Waals surface area contributed by atoms with Crippen molar-refractivity contribution in [2.75, 3.05) is 11.1 Å². The number of anilines is 3. The van der Waals surface area contributed by atoms with E-state index < -0.39 is 0 Å². The number of halogens is 1. The standard InChI is InChI=1S/C17H14FN9OS/c18-10-1-3-11(4-2-10)20-16-22-14(21-15(19)23-16)9-29-17-24-25-26-27(17)12-5-7-13(28)8-6-12/h1-8,28H,9H2,(H3,19,20,21,22,23). The fourth-order valence-electron chi connectivity index (χ4n) is 2.37. The number of benzene rings is 2. The first-order valence-corrected chi connectivity index (χ1v) is 9.29. The molecule has 4 aromatic rings.